The number of hydrogen-bond donors (Lipinski definition) is 0. The van der Waals surface area contributed by atoms with Crippen molar-refractivity contribution in [2.24, 2.45) is 0 Å². The summed E-state index contributed by atoms with van der Waals surface area (Å²) in [5.74, 6) is 0. The summed E-state index contributed by atoms with van der Waals surface area (Å²) in [6.45, 7) is 5.17. The number of unbranched alkanes of at least 4 members (excludes halogenated alkanes) is 19. The van der Waals surface area contributed by atoms with Gasteiger partial charge in [0.15, 0.2) is 0 Å². The molecule has 0 N–H and O–H groups in total. The predicted octanol–water partition coefficient (Wildman–Crippen LogP) is 8.18. The lowest BCUT2D eigenvalue weighted by Crippen LogP contribution is -2.12. The second kappa shape index (κ2) is 22.0. The van der Waals surface area contributed by atoms with Gasteiger partial charge in [-0.1, -0.05) is 129 Å². The van der Waals surface area contributed by atoms with Gasteiger partial charge < -0.3 is 4.90 Å². The minimum Gasteiger partial charge on any atom is -0.309 e. The zero-order chi connectivity index (χ0) is 18.4. The maximum Gasteiger partial charge on any atom is -0.00248 e. The summed E-state index contributed by atoms with van der Waals surface area (Å²) in [5.41, 5.74) is 0. The highest BCUT2D eigenvalue weighted by Crippen LogP contribution is 2.14. The van der Waals surface area contributed by atoms with Gasteiger partial charge in [0, 0.05) is 0 Å². The average Bonchev–Trinajstić information content (AvgIpc) is 2.60. The van der Waals surface area contributed by atoms with Crippen molar-refractivity contribution in [3.8, 4) is 0 Å². The van der Waals surface area contributed by atoms with Crippen LogP contribution in [0.1, 0.15) is 128 Å². The third-order valence-corrected chi connectivity index (χ3v) is 5.36. The van der Waals surface area contributed by atoms with E-state index in [4.69, 9.17) is 0 Å². The third-order valence-electron chi connectivity index (χ3n) is 5.36. The van der Waals surface area contributed by atoms with Gasteiger partial charge in [-0.15, -0.1) is 0 Å². The van der Waals surface area contributed by atoms with Crippen LogP contribution >= 0.6 is 0 Å². The molecule has 0 bridgehead atoms. The summed E-state index contributed by atoms with van der Waals surface area (Å²) in [5, 5.41) is 0. The van der Waals surface area contributed by atoms with E-state index < -0.39 is 0 Å². The molecular formula is C24H50N. The van der Waals surface area contributed by atoms with E-state index in [1.165, 1.54) is 129 Å². The summed E-state index contributed by atoms with van der Waals surface area (Å²) in [6, 6.07) is 0. The molecule has 0 aromatic heterocycles. The second-order valence-electron chi connectivity index (χ2n) is 8.37. The lowest BCUT2D eigenvalue weighted by Gasteiger charge is -2.08. The molecule has 0 rings (SSSR count). The molecule has 0 amide bonds. The maximum atomic E-state index is 3.91. The monoisotopic (exact) mass is 352 g/mol. The fourth-order valence-electron chi connectivity index (χ4n) is 3.61. The molecule has 0 saturated carbocycles. The van der Waals surface area contributed by atoms with Crippen LogP contribution in [-0.2, 0) is 0 Å². The number of hydrogen-bond acceptors (Lipinski definition) is 1. The molecule has 1 nitrogen and oxygen atoms in total. The van der Waals surface area contributed by atoms with E-state index in [0.717, 1.165) is 6.42 Å². The van der Waals surface area contributed by atoms with Crippen LogP contribution < -0.4 is 0 Å². The van der Waals surface area contributed by atoms with Crippen LogP contribution in [0.4, 0.5) is 0 Å². The van der Waals surface area contributed by atoms with E-state index >= 15 is 0 Å². The largest absolute Gasteiger partial charge is 0.309 e. The Kier molecular flexibility index (Phi) is 22.0. The Morgan fingerprint density at radius 1 is 0.400 bits per heavy atom. The summed E-state index contributed by atoms with van der Waals surface area (Å²) in [7, 11) is 4.35. The normalized spacial score (nSPS) is 11.5. The maximum absolute atomic E-state index is 3.91. The van der Waals surface area contributed by atoms with Crippen LogP contribution in [0.2, 0.25) is 0 Å². The minimum absolute atomic E-state index is 1.12. The first-order valence-corrected chi connectivity index (χ1v) is 11.7. The molecule has 0 aromatic rings. The van der Waals surface area contributed by atoms with E-state index in [-0.39, 0.29) is 0 Å². The first kappa shape index (κ1) is 25.0. The highest BCUT2D eigenvalue weighted by atomic mass is 15.0. The van der Waals surface area contributed by atoms with Crippen LogP contribution in [0.3, 0.4) is 0 Å². The van der Waals surface area contributed by atoms with Crippen molar-refractivity contribution in [2.45, 2.75) is 128 Å². The van der Waals surface area contributed by atoms with Crippen molar-refractivity contribution < 1.29 is 0 Å². The van der Waals surface area contributed by atoms with Crippen LogP contribution in [0.15, 0.2) is 0 Å². The van der Waals surface area contributed by atoms with Gasteiger partial charge in [0.2, 0.25) is 0 Å². The number of rotatable bonds is 21. The molecule has 151 valence electrons. The van der Waals surface area contributed by atoms with E-state index in [2.05, 4.69) is 25.9 Å². The number of nitrogens with zero attached hydrogens (tertiary/aromatic N) is 1. The summed E-state index contributed by atoms with van der Waals surface area (Å²) in [4.78, 5) is 2.30. The van der Waals surface area contributed by atoms with Crippen LogP contribution in [0.25, 0.3) is 0 Å². The van der Waals surface area contributed by atoms with Gasteiger partial charge in [-0.3, -0.25) is 0 Å². The Hall–Kier alpha value is -0.0400. The predicted molar refractivity (Wildman–Crippen MR) is 116 cm³/mol. The molecule has 0 aliphatic heterocycles. The van der Waals surface area contributed by atoms with Gasteiger partial charge in [0.25, 0.3) is 0 Å². The zero-order valence-electron chi connectivity index (χ0n) is 18.0. The second-order valence-corrected chi connectivity index (χ2v) is 8.37. The first-order valence-electron chi connectivity index (χ1n) is 11.7. The molecule has 0 spiro atoms. The van der Waals surface area contributed by atoms with Gasteiger partial charge in [-0.25, -0.2) is 0 Å². The van der Waals surface area contributed by atoms with E-state index in [9.17, 15) is 0 Å². The lowest BCUT2D eigenvalue weighted by atomic mass is 10.0. The van der Waals surface area contributed by atoms with E-state index in [0.29, 0.717) is 0 Å². The van der Waals surface area contributed by atoms with Crippen molar-refractivity contribution in [2.75, 3.05) is 20.6 Å². The minimum atomic E-state index is 1.12. The quantitative estimate of drug-likeness (QED) is 0.188. The molecule has 1 heteroatoms. The average molecular weight is 353 g/mol. The van der Waals surface area contributed by atoms with Crippen LogP contribution in [0.5, 0.6) is 0 Å². The fourth-order valence-corrected chi connectivity index (χ4v) is 3.61. The Morgan fingerprint density at radius 2 is 0.640 bits per heavy atom. The van der Waals surface area contributed by atoms with Crippen molar-refractivity contribution in [1.29, 1.82) is 0 Å². The summed E-state index contributed by atoms with van der Waals surface area (Å²) >= 11 is 0. The van der Waals surface area contributed by atoms with E-state index in [1.54, 1.807) is 0 Å². The van der Waals surface area contributed by atoms with Crippen molar-refractivity contribution >= 4 is 0 Å². The molecule has 0 heterocycles. The lowest BCUT2D eigenvalue weighted by molar-refractivity contribution is 0.389. The Labute approximate surface area is 161 Å². The Morgan fingerprint density at radius 3 is 0.880 bits per heavy atom. The highest BCUT2D eigenvalue weighted by Gasteiger charge is 1.95. The summed E-state index contributed by atoms with van der Waals surface area (Å²) < 4.78 is 0. The van der Waals surface area contributed by atoms with Gasteiger partial charge >= 0.3 is 0 Å². The van der Waals surface area contributed by atoms with Gasteiger partial charge in [0.05, 0.1) is 0 Å². The topological polar surface area (TPSA) is 3.24 Å². The van der Waals surface area contributed by atoms with Gasteiger partial charge in [-0.2, -0.15) is 0 Å². The van der Waals surface area contributed by atoms with Crippen LogP contribution in [-0.4, -0.2) is 25.5 Å². The molecule has 25 heavy (non-hydrogen) atoms. The smallest absolute Gasteiger partial charge is 0.00248 e. The molecule has 0 fully saturated rings. The Bertz CT molecular complexity index is 224. The van der Waals surface area contributed by atoms with E-state index in [1.807, 2.05) is 0 Å². The third kappa shape index (κ3) is 24.0. The Balaban J connectivity index is 2.96. The molecule has 0 aliphatic carbocycles. The van der Waals surface area contributed by atoms with Gasteiger partial charge in [-0.05, 0) is 27.1 Å². The standard InChI is InChI=1S/C24H50N/c1-4-5-6-7-8-9-10-11-12-13-14-15-16-17-18-19-20-21-22-23-24-25(2)3/h1,4-24H2,2-3H3. The summed E-state index contributed by atoms with van der Waals surface area (Å²) in [6.07, 6.45) is 28.7. The zero-order valence-corrected chi connectivity index (χ0v) is 18.0. The molecule has 0 saturated heterocycles. The molecule has 0 atom stereocenters. The van der Waals surface area contributed by atoms with Crippen molar-refractivity contribution in [3.05, 3.63) is 6.92 Å². The fraction of sp³-hybridized carbons (Fsp3) is 0.958. The highest BCUT2D eigenvalue weighted by molar-refractivity contribution is 4.51. The molecule has 0 unspecified atom stereocenters. The van der Waals surface area contributed by atoms with Crippen molar-refractivity contribution in [1.82, 2.24) is 4.90 Å². The molecule has 1 radical (unpaired) electrons. The molecule has 0 aromatic carbocycles. The SMILES string of the molecule is [CH2]CCCCCCCCCCCCCCCCCCCCCN(C)C. The van der Waals surface area contributed by atoms with Crippen molar-refractivity contribution in [3.63, 3.8) is 0 Å². The molecular weight excluding hydrogens is 302 g/mol. The van der Waals surface area contributed by atoms with Gasteiger partial charge in [0.1, 0.15) is 0 Å². The van der Waals surface area contributed by atoms with Crippen LogP contribution in [0, 0.1) is 6.92 Å². The first-order chi connectivity index (χ1) is 12.3. The molecule has 0 aliphatic rings.